The number of benzene rings is 2. The third kappa shape index (κ3) is 8.78. The predicted octanol–water partition coefficient (Wildman–Crippen LogP) is 6.32. The lowest BCUT2D eigenvalue weighted by molar-refractivity contribution is 0.0491. The Bertz CT molecular complexity index is 1460. The molecule has 0 spiro atoms. The Hall–Kier alpha value is -2.47. The second-order valence-corrected chi connectivity index (χ2v) is 16.0. The number of carbonyl (C=O) groups is 1. The van der Waals surface area contributed by atoms with E-state index in [2.05, 4.69) is 9.71 Å². The second-order valence-electron chi connectivity index (χ2n) is 12.1. The van der Waals surface area contributed by atoms with E-state index in [0.29, 0.717) is 30.7 Å². The normalized spacial score (nSPS) is 20.7. The molecule has 2 aliphatic rings. The van der Waals surface area contributed by atoms with E-state index in [4.69, 9.17) is 16.3 Å². The van der Waals surface area contributed by atoms with Crippen LogP contribution in [0.5, 0.6) is 0 Å². The van der Waals surface area contributed by atoms with E-state index in [1.54, 1.807) is 32.9 Å². The monoisotopic (exact) mass is 637 g/mol. The van der Waals surface area contributed by atoms with Gasteiger partial charge in [-0.25, -0.2) is 13.2 Å². The number of rotatable bonds is 9. The summed E-state index contributed by atoms with van der Waals surface area (Å²) < 4.78 is 64.1. The number of amides is 1. The Morgan fingerprint density at radius 3 is 2.07 bits per heavy atom. The van der Waals surface area contributed by atoms with Crippen molar-refractivity contribution in [3.8, 4) is 0 Å². The molecule has 2 saturated carbocycles. The van der Waals surface area contributed by atoms with Gasteiger partial charge in [0, 0.05) is 29.9 Å². The van der Waals surface area contributed by atoms with Crippen LogP contribution in [0.3, 0.4) is 0 Å². The number of ether oxygens (including phenoxy) is 1. The first kappa shape index (κ1) is 32.4. The number of halogens is 1. The number of carbonyl (C=O) groups excluding carboxylic acids is 1. The minimum absolute atomic E-state index is 0.0286. The average Bonchev–Trinajstić information content (AvgIpc) is 3.46. The van der Waals surface area contributed by atoms with Crippen molar-refractivity contribution in [2.75, 3.05) is 0 Å². The molecule has 2 fully saturated rings. The first-order valence-electron chi connectivity index (χ1n) is 14.4. The van der Waals surface area contributed by atoms with E-state index >= 15 is 0 Å². The first-order valence-corrected chi connectivity index (χ1v) is 17.6. The molecule has 12 heteroatoms. The molecule has 0 bridgehead atoms. The highest BCUT2D eigenvalue weighted by molar-refractivity contribution is 7.90. The van der Waals surface area contributed by atoms with Crippen LogP contribution in [0.4, 0.5) is 4.79 Å². The van der Waals surface area contributed by atoms with Crippen LogP contribution >= 0.6 is 11.6 Å². The molecule has 42 heavy (non-hydrogen) atoms. The van der Waals surface area contributed by atoms with Gasteiger partial charge in [0.25, 0.3) is 10.0 Å². The van der Waals surface area contributed by atoms with E-state index in [1.807, 2.05) is 12.1 Å². The molecule has 1 amide bonds. The topological polar surface area (TPSA) is 122 Å². The van der Waals surface area contributed by atoms with E-state index in [0.717, 1.165) is 31.2 Å². The highest BCUT2D eigenvalue weighted by Gasteiger charge is 2.33. The Kier molecular flexibility index (Phi) is 10.4. The van der Waals surface area contributed by atoms with Crippen LogP contribution in [0.2, 0.25) is 5.02 Å². The molecule has 2 aromatic carbocycles. The van der Waals surface area contributed by atoms with Crippen LogP contribution < -0.4 is 5.32 Å². The van der Waals surface area contributed by atoms with Gasteiger partial charge in [-0.3, -0.25) is 0 Å². The van der Waals surface area contributed by atoms with Gasteiger partial charge in [0.15, 0.2) is 0 Å². The molecule has 0 unspecified atom stereocenters. The SMILES string of the molecule is CC(C)(C)OC(=O)NC1CCC(C=NS(=O)(=O)c2ccc(S(=O)(=O)N(Cc3ccc(Cl)cc3)C3CCCC3)cc2)CC1. The molecule has 0 heterocycles. The van der Waals surface area contributed by atoms with Crippen LogP contribution in [-0.2, 0) is 31.3 Å². The molecular formula is C30H40ClN3O6S2. The van der Waals surface area contributed by atoms with E-state index < -0.39 is 31.7 Å². The maximum Gasteiger partial charge on any atom is 0.407 e. The van der Waals surface area contributed by atoms with E-state index in [-0.39, 0.29) is 34.3 Å². The summed E-state index contributed by atoms with van der Waals surface area (Å²) in [6.07, 6.45) is 7.25. The van der Waals surface area contributed by atoms with Gasteiger partial charge in [0.2, 0.25) is 10.0 Å². The van der Waals surface area contributed by atoms with Gasteiger partial charge in [-0.1, -0.05) is 36.6 Å². The molecule has 0 atom stereocenters. The summed E-state index contributed by atoms with van der Waals surface area (Å²) in [5.74, 6) is -0.0380. The van der Waals surface area contributed by atoms with Crippen LogP contribution in [0.1, 0.15) is 77.7 Å². The van der Waals surface area contributed by atoms with Crippen LogP contribution in [-0.4, -0.2) is 51.1 Å². The first-order chi connectivity index (χ1) is 19.7. The Morgan fingerprint density at radius 2 is 1.50 bits per heavy atom. The summed E-state index contributed by atoms with van der Waals surface area (Å²) in [6.45, 7) is 5.63. The summed E-state index contributed by atoms with van der Waals surface area (Å²) >= 11 is 6.01. The fraction of sp³-hybridized carbons (Fsp3) is 0.533. The minimum Gasteiger partial charge on any atom is -0.444 e. The standard InChI is InChI=1S/C30H40ClN3O6S2/c1-30(2,3)40-29(35)33-25-14-10-22(11-15-25)20-32-41(36,37)27-16-18-28(19-17-27)42(38,39)34(26-6-4-5-7-26)21-23-8-12-24(31)13-9-23/h8-9,12-13,16-20,22,25-26H,4-7,10-11,14-15,21H2,1-3H3,(H,33,35). The van der Waals surface area contributed by atoms with Gasteiger partial charge < -0.3 is 10.1 Å². The minimum atomic E-state index is -4.00. The van der Waals surface area contributed by atoms with E-state index in [1.165, 1.54) is 34.8 Å². The van der Waals surface area contributed by atoms with Gasteiger partial charge >= 0.3 is 6.09 Å². The molecule has 2 aliphatic carbocycles. The van der Waals surface area contributed by atoms with Gasteiger partial charge in [-0.05, 0) is 107 Å². The Balaban J connectivity index is 1.40. The number of sulfonamides is 2. The third-order valence-corrected chi connectivity index (χ3v) is 11.0. The molecule has 0 aliphatic heterocycles. The zero-order valence-corrected chi connectivity index (χ0v) is 26.7. The molecule has 2 aromatic rings. The quantitative estimate of drug-likeness (QED) is 0.321. The number of hydrogen-bond acceptors (Lipinski definition) is 6. The Labute approximate surface area is 254 Å². The third-order valence-electron chi connectivity index (χ3n) is 7.61. The Morgan fingerprint density at radius 1 is 0.929 bits per heavy atom. The largest absolute Gasteiger partial charge is 0.444 e. The van der Waals surface area contributed by atoms with Crippen LogP contribution in [0.15, 0.2) is 62.7 Å². The second kappa shape index (κ2) is 13.4. The van der Waals surface area contributed by atoms with Crippen molar-refractivity contribution in [3.05, 3.63) is 59.1 Å². The summed E-state index contributed by atoms with van der Waals surface area (Å²) in [5, 5.41) is 3.45. The summed E-state index contributed by atoms with van der Waals surface area (Å²) in [7, 11) is -7.88. The van der Waals surface area contributed by atoms with Crippen molar-refractivity contribution in [1.82, 2.24) is 9.62 Å². The molecule has 1 N–H and O–H groups in total. The lowest BCUT2D eigenvalue weighted by atomic mass is 9.87. The highest BCUT2D eigenvalue weighted by Crippen LogP contribution is 2.31. The molecule has 230 valence electrons. The zero-order valence-electron chi connectivity index (χ0n) is 24.3. The summed E-state index contributed by atoms with van der Waals surface area (Å²) in [6, 6.07) is 12.3. The van der Waals surface area contributed by atoms with Crippen LogP contribution in [0, 0.1) is 5.92 Å². The van der Waals surface area contributed by atoms with Crippen molar-refractivity contribution in [2.45, 2.75) is 106 Å². The number of nitrogens with zero attached hydrogens (tertiary/aromatic N) is 2. The van der Waals surface area contributed by atoms with Gasteiger partial charge in [0.1, 0.15) is 5.60 Å². The lowest BCUT2D eigenvalue weighted by Crippen LogP contribution is -2.41. The highest BCUT2D eigenvalue weighted by atomic mass is 35.5. The van der Waals surface area contributed by atoms with Crippen molar-refractivity contribution in [1.29, 1.82) is 0 Å². The molecule has 0 saturated heterocycles. The maximum absolute atomic E-state index is 13.7. The van der Waals surface area contributed by atoms with Crippen LogP contribution in [0.25, 0.3) is 0 Å². The predicted molar refractivity (Wildman–Crippen MR) is 164 cm³/mol. The molecule has 0 radical (unpaired) electrons. The summed E-state index contributed by atoms with van der Waals surface area (Å²) in [4.78, 5) is 12.0. The number of hydrogen-bond donors (Lipinski definition) is 1. The lowest BCUT2D eigenvalue weighted by Gasteiger charge is -2.28. The molecular weight excluding hydrogens is 598 g/mol. The number of nitrogens with one attached hydrogen (secondary N) is 1. The van der Waals surface area contributed by atoms with Crippen molar-refractivity contribution in [2.24, 2.45) is 10.3 Å². The maximum atomic E-state index is 13.7. The molecule has 4 rings (SSSR count). The zero-order chi connectivity index (χ0) is 30.5. The van der Waals surface area contributed by atoms with Gasteiger partial charge in [-0.15, -0.1) is 0 Å². The smallest absolute Gasteiger partial charge is 0.407 e. The number of alkyl carbamates (subject to hydrolysis) is 1. The van der Waals surface area contributed by atoms with E-state index in [9.17, 15) is 21.6 Å². The van der Waals surface area contributed by atoms with Gasteiger partial charge in [-0.2, -0.15) is 17.1 Å². The van der Waals surface area contributed by atoms with Gasteiger partial charge in [0.05, 0.1) is 9.79 Å². The fourth-order valence-corrected chi connectivity index (χ4v) is 8.14. The van der Waals surface area contributed by atoms with Crippen molar-refractivity contribution < 1.29 is 26.4 Å². The van der Waals surface area contributed by atoms with Crippen molar-refractivity contribution >= 4 is 44.0 Å². The molecule has 0 aromatic heterocycles. The average molecular weight is 638 g/mol. The summed E-state index contributed by atoms with van der Waals surface area (Å²) in [5.41, 5.74) is 0.260. The fourth-order valence-electron chi connectivity index (χ4n) is 5.41. The van der Waals surface area contributed by atoms with Crippen molar-refractivity contribution in [3.63, 3.8) is 0 Å². The molecule has 9 nitrogen and oxygen atoms in total.